The minimum absolute atomic E-state index is 0.0221. The molecule has 0 saturated heterocycles. The number of carbonyl (C=O) groups is 6. The summed E-state index contributed by atoms with van der Waals surface area (Å²) in [5, 5.41) is 0. The Morgan fingerprint density at radius 2 is 0.797 bits per heavy atom. The van der Waals surface area contributed by atoms with E-state index in [-0.39, 0.29) is 98.0 Å². The molecular weight excluding hydrogens is 1830 g/mol. The first-order chi connectivity index (χ1) is 69.3. The van der Waals surface area contributed by atoms with Crippen LogP contribution in [0.25, 0.3) is 0 Å². The van der Waals surface area contributed by atoms with Crippen molar-refractivity contribution in [3.05, 3.63) is 277 Å². The number of anilines is 6. The van der Waals surface area contributed by atoms with Gasteiger partial charge in [-0.05, 0) is 266 Å². The van der Waals surface area contributed by atoms with E-state index in [2.05, 4.69) is 84.3 Å². The van der Waals surface area contributed by atoms with Crippen molar-refractivity contribution in [3.8, 4) is 34.5 Å². The van der Waals surface area contributed by atoms with Gasteiger partial charge in [-0.15, -0.1) is 0 Å². The monoisotopic (exact) mass is 1960 g/mol. The van der Waals surface area contributed by atoms with Gasteiger partial charge in [0.25, 0.3) is 33.7 Å². The lowest BCUT2D eigenvalue weighted by atomic mass is 9.91. The molecule has 4 amide bonds. The summed E-state index contributed by atoms with van der Waals surface area (Å²) in [7, 11) is -1.30. The fourth-order valence-electron chi connectivity index (χ4n) is 21.2. The summed E-state index contributed by atoms with van der Waals surface area (Å²) in [5.41, 5.74) is 20.6. The van der Waals surface area contributed by atoms with Gasteiger partial charge in [0, 0.05) is 158 Å². The van der Waals surface area contributed by atoms with Gasteiger partial charge in [-0.3, -0.25) is 43.2 Å². The third kappa shape index (κ3) is 23.7. The SMILES string of the molecule is CCCOCCOCCN(CCCC(=O)C(C)C)c1cc(COc2cc3c(cc2C)C(=O)N2c4ccccc4C[C@H]2CC3)cc(COc2cc3c(cc2OC)C(=O)N2c4ccccc4C[C@H]2C(CS(=O)(=O)O)C3)c1.CCCOCCOCCN(CCCC(=O)C(C)C)c1cc(COc2cc3c(cc2C)C(=O)N2c4ccccc4C[C@H]2CC3)cc(COc2cc3c(cc2OC)C(=O)N2c4ccccc4C[C@H]2C=N3)c1. The Morgan fingerprint density at radius 1 is 0.413 bits per heavy atom. The van der Waals surface area contributed by atoms with Crippen molar-refractivity contribution in [1.29, 1.82) is 0 Å². The van der Waals surface area contributed by atoms with E-state index in [4.69, 9.17) is 52.4 Å². The van der Waals surface area contributed by atoms with Crippen LogP contribution < -0.4 is 57.8 Å². The lowest BCUT2D eigenvalue weighted by Gasteiger charge is -2.28. The average Bonchev–Trinajstić information content (AvgIpc) is 1.59. The predicted molar refractivity (Wildman–Crippen MR) is 556 cm³/mol. The van der Waals surface area contributed by atoms with Crippen molar-refractivity contribution in [3.63, 3.8) is 0 Å². The second kappa shape index (κ2) is 46.3. The second-order valence-corrected chi connectivity index (χ2v) is 40.8. The van der Waals surface area contributed by atoms with Crippen LogP contribution in [0.1, 0.15) is 207 Å². The van der Waals surface area contributed by atoms with Crippen LogP contribution >= 0.6 is 0 Å². The molecule has 1 unspecified atom stereocenters. The molecule has 8 aliphatic heterocycles. The Hall–Kier alpha value is -12.8. The van der Waals surface area contributed by atoms with Crippen LogP contribution in [0.4, 0.5) is 39.8 Å². The zero-order valence-corrected chi connectivity index (χ0v) is 84.7. The van der Waals surface area contributed by atoms with Crippen LogP contribution in [-0.4, -0.2) is 178 Å². The number of para-hydroxylation sites is 4. The number of fused-ring (bicyclic) bond motifs is 16. The first kappa shape index (κ1) is 102. The van der Waals surface area contributed by atoms with Crippen LogP contribution in [0, 0.1) is 31.6 Å². The summed E-state index contributed by atoms with van der Waals surface area (Å²) < 4.78 is 96.9. The third-order valence-electron chi connectivity index (χ3n) is 28.6. The summed E-state index contributed by atoms with van der Waals surface area (Å²) in [4.78, 5) is 99.4. The summed E-state index contributed by atoms with van der Waals surface area (Å²) in [6.07, 6.45) is 12.3. The molecule has 0 saturated carbocycles. The molecule has 27 heteroatoms. The van der Waals surface area contributed by atoms with Gasteiger partial charge < -0.3 is 71.9 Å². The Morgan fingerprint density at radius 3 is 1.24 bits per heavy atom. The van der Waals surface area contributed by atoms with Gasteiger partial charge in [-0.1, -0.05) is 114 Å². The lowest BCUT2D eigenvalue weighted by Crippen LogP contribution is -2.43. The van der Waals surface area contributed by atoms with Crippen molar-refractivity contribution in [2.24, 2.45) is 22.7 Å². The molecule has 8 heterocycles. The molecule has 0 fully saturated rings. The topological polar surface area (TPSA) is 281 Å². The summed E-state index contributed by atoms with van der Waals surface area (Å²) in [6, 6.07) is 59.1. The lowest BCUT2D eigenvalue weighted by molar-refractivity contribution is -0.122. The fourth-order valence-corrected chi connectivity index (χ4v) is 22.1. The average molecular weight is 1960 g/mol. The maximum Gasteiger partial charge on any atom is 0.265 e. The quantitative estimate of drug-likeness (QED) is 0.0274. The third-order valence-corrected chi connectivity index (χ3v) is 29.4. The molecule has 0 bridgehead atoms. The van der Waals surface area contributed by atoms with Crippen molar-refractivity contribution in [1.82, 2.24) is 0 Å². The molecule has 26 nitrogen and oxygen atoms in total. The molecule has 8 aliphatic rings. The summed E-state index contributed by atoms with van der Waals surface area (Å²) in [6.45, 7) is 23.3. The first-order valence-electron chi connectivity index (χ1n) is 50.8. The van der Waals surface area contributed by atoms with Gasteiger partial charge >= 0.3 is 0 Å². The number of hydrogen-bond acceptors (Lipinski definition) is 21. The highest BCUT2D eigenvalue weighted by Crippen LogP contribution is 2.48. The molecule has 1 N–H and O–H groups in total. The predicted octanol–water partition coefficient (Wildman–Crippen LogP) is 19.8. The van der Waals surface area contributed by atoms with Crippen molar-refractivity contribution in [2.75, 3.05) is 128 Å². The van der Waals surface area contributed by atoms with E-state index in [0.717, 1.165) is 152 Å². The van der Waals surface area contributed by atoms with E-state index in [1.807, 2.05) is 160 Å². The number of ether oxygens (including phenoxy) is 10. The number of benzene rings is 10. The molecule has 0 aromatic heterocycles. The van der Waals surface area contributed by atoms with Crippen LogP contribution in [0.5, 0.6) is 34.5 Å². The van der Waals surface area contributed by atoms with E-state index < -0.39 is 27.8 Å². The highest BCUT2D eigenvalue weighted by Gasteiger charge is 2.46. The number of aryl methyl sites for hydroxylation is 4. The van der Waals surface area contributed by atoms with Crippen LogP contribution in [0.3, 0.4) is 0 Å². The van der Waals surface area contributed by atoms with Gasteiger partial charge in [0.15, 0.2) is 23.0 Å². The number of nitrogens with zero attached hydrogens (tertiary/aromatic N) is 7. The summed E-state index contributed by atoms with van der Waals surface area (Å²) in [5.74, 6) is 1.97. The number of Topliss-reactive ketones (excluding diaryl/α,β-unsaturated/α-hetero) is 2. The molecule has 5 atom stereocenters. The van der Waals surface area contributed by atoms with Crippen LogP contribution in [0.2, 0.25) is 0 Å². The molecule has 10 aromatic carbocycles. The number of amides is 4. The minimum Gasteiger partial charge on any atom is -0.493 e. The van der Waals surface area contributed by atoms with Crippen molar-refractivity contribution < 1.29 is 89.1 Å². The molecular formula is C116H133N7O19S. The fraction of sp³-hybridized carbons (Fsp3) is 0.422. The zero-order chi connectivity index (χ0) is 100. The maximum absolute atomic E-state index is 14.5. The molecule has 18 rings (SSSR count). The van der Waals surface area contributed by atoms with Crippen LogP contribution in [-0.2, 0) is 110 Å². The number of ketones is 2. The number of methoxy groups -OCH3 is 2. The largest absolute Gasteiger partial charge is 0.493 e. The summed E-state index contributed by atoms with van der Waals surface area (Å²) >= 11 is 0. The Kier molecular flexibility index (Phi) is 32.9. The van der Waals surface area contributed by atoms with Crippen molar-refractivity contribution >= 4 is 91.3 Å². The number of rotatable bonds is 44. The van der Waals surface area contributed by atoms with Gasteiger partial charge in [-0.2, -0.15) is 8.42 Å². The molecule has 143 heavy (non-hydrogen) atoms. The van der Waals surface area contributed by atoms with Crippen LogP contribution in [0.15, 0.2) is 187 Å². The molecule has 0 spiro atoms. The van der Waals surface area contributed by atoms with E-state index in [1.54, 1.807) is 36.3 Å². The number of hydrogen-bond donors (Lipinski definition) is 1. The normalized spacial score (nSPS) is 17.1. The van der Waals surface area contributed by atoms with Gasteiger partial charge in [0.1, 0.15) is 49.5 Å². The van der Waals surface area contributed by atoms with E-state index in [0.29, 0.717) is 174 Å². The maximum atomic E-state index is 14.5. The van der Waals surface area contributed by atoms with Crippen molar-refractivity contribution in [2.45, 2.75) is 202 Å². The van der Waals surface area contributed by atoms with E-state index in [9.17, 15) is 41.7 Å². The first-order valence-corrected chi connectivity index (χ1v) is 52.4. The van der Waals surface area contributed by atoms with E-state index >= 15 is 0 Å². The van der Waals surface area contributed by atoms with Gasteiger partial charge in [0.2, 0.25) is 0 Å². The minimum atomic E-state index is -4.40. The molecule has 0 aliphatic carbocycles. The number of carbonyl (C=O) groups excluding carboxylic acids is 6. The smallest absolute Gasteiger partial charge is 0.265 e. The zero-order valence-electron chi connectivity index (χ0n) is 83.9. The Balaban J connectivity index is 0.000000197. The Bertz CT molecular complexity index is 6490. The van der Waals surface area contributed by atoms with Gasteiger partial charge in [-0.25, -0.2) is 0 Å². The van der Waals surface area contributed by atoms with E-state index in [1.165, 1.54) is 18.2 Å². The molecule has 10 aromatic rings. The number of aliphatic imine (C=N–C) groups is 1. The Labute approximate surface area is 840 Å². The molecule has 0 radical (unpaired) electrons. The standard InChI is InChI=1S/C59H69N3O11S.C57H64N4O8/c1-6-21-70-23-24-71-22-20-60(19-11-16-54(63)38(2)3)48-27-40(35-72-55-32-42-17-18-47-30-43-12-7-9-14-51(43)61(47)58(64)49(42)25-39(55)4)26-41(28-48)36-73-57-33-45-29-46(37-74(66,67)68)53-31-44-13-8-10-15-52(44)62(53)59(65)50(45)34-56(57)69-5;1-6-21-66-23-24-67-22-20-59(19-11-16-52(62)37(2)3)45-27-39(35-68-53-31-41-17-18-44-29-42-12-7-9-14-50(42)60(44)56(63)47(41)25-38(53)4)26-40(28-45)36-69-55-33-49-48(32-54(55)65-5)57(64)61-46(34-58-49)30-43-13-8-10-15-51(43)61/h7-10,12-15,25-28,32-34,38,46-47,53H,6,11,16-24,29-31,35-37H2,1-5H3,(H,66,67,68);7-10,12-15,25-28,31-34,37,44,46H,6,11,16-24,29-30,35-36H2,1-5H3/t46?,47-,53+;44-,46+/m11/s1. The second-order valence-electron chi connectivity index (χ2n) is 39.3. The highest BCUT2D eigenvalue weighted by molar-refractivity contribution is 7.85. The molecule has 752 valence electrons. The van der Waals surface area contributed by atoms with Gasteiger partial charge in [0.05, 0.1) is 76.9 Å². The highest BCUT2D eigenvalue weighted by atomic mass is 32.2.